The molecule has 0 radical (unpaired) electrons. The van der Waals surface area contributed by atoms with Crippen LogP contribution in [0.2, 0.25) is 0 Å². The number of nitrogens with one attached hydrogen (secondary N) is 3. The second-order valence-corrected chi connectivity index (χ2v) is 4.14. The van der Waals surface area contributed by atoms with E-state index in [0.29, 0.717) is 13.1 Å². The lowest BCUT2D eigenvalue weighted by Gasteiger charge is -2.23. The summed E-state index contributed by atoms with van der Waals surface area (Å²) in [5.74, 6) is -0.159. The molecule has 0 spiro atoms. The van der Waals surface area contributed by atoms with Crippen LogP contribution >= 0.6 is 0 Å². The Kier molecular flexibility index (Phi) is 4.25. The summed E-state index contributed by atoms with van der Waals surface area (Å²) in [5, 5.41) is 8.36. The van der Waals surface area contributed by atoms with Crippen molar-refractivity contribution in [3.63, 3.8) is 0 Å². The van der Waals surface area contributed by atoms with Gasteiger partial charge in [-0.25, -0.2) is 0 Å². The van der Waals surface area contributed by atoms with Crippen LogP contribution in [0.3, 0.4) is 0 Å². The van der Waals surface area contributed by atoms with Gasteiger partial charge in [-0.15, -0.1) is 0 Å². The smallest absolute Gasteiger partial charge is 0.238 e. The van der Waals surface area contributed by atoms with E-state index in [0.717, 1.165) is 12.0 Å². The fourth-order valence-corrected chi connectivity index (χ4v) is 1.75. The van der Waals surface area contributed by atoms with E-state index in [9.17, 15) is 9.59 Å². The minimum atomic E-state index is -0.336. The summed E-state index contributed by atoms with van der Waals surface area (Å²) in [6.07, 6.45) is 4.25. The number of hydrogen-bond donors (Lipinski definition) is 3. The highest BCUT2D eigenvalue weighted by molar-refractivity contribution is 5.86. The van der Waals surface area contributed by atoms with Gasteiger partial charge in [0.15, 0.2) is 0 Å². The minimum Gasteiger partial charge on any atom is -0.354 e. The molecule has 1 aliphatic rings. The van der Waals surface area contributed by atoms with Crippen LogP contribution in [0.4, 0.5) is 0 Å². The number of piperazine rings is 1. The summed E-state index contributed by atoms with van der Waals surface area (Å²) in [7, 11) is 0. The van der Waals surface area contributed by atoms with E-state index in [2.05, 4.69) is 20.9 Å². The van der Waals surface area contributed by atoms with Crippen LogP contribution in [0.15, 0.2) is 24.5 Å². The molecule has 2 rings (SSSR count). The van der Waals surface area contributed by atoms with E-state index in [1.165, 1.54) is 0 Å². The predicted molar refractivity (Wildman–Crippen MR) is 65.8 cm³/mol. The SMILES string of the molecule is O=C1CNC(C(=O)NCCc2cccnc2)CN1. The van der Waals surface area contributed by atoms with Crippen LogP contribution in [0, 0.1) is 0 Å². The molecule has 6 nitrogen and oxygen atoms in total. The molecule has 2 heterocycles. The Labute approximate surface area is 105 Å². The molecule has 1 unspecified atom stereocenters. The standard InChI is InChI=1S/C12H16N4O2/c17-11-8-15-10(7-16-11)12(18)14-5-3-9-2-1-4-13-6-9/h1-2,4,6,10,15H,3,5,7-8H2,(H,14,18)(H,16,17). The van der Waals surface area contributed by atoms with Crippen LogP contribution in [-0.2, 0) is 16.0 Å². The van der Waals surface area contributed by atoms with Crippen molar-refractivity contribution in [2.75, 3.05) is 19.6 Å². The normalized spacial score (nSPS) is 19.1. The largest absolute Gasteiger partial charge is 0.354 e. The molecular weight excluding hydrogens is 232 g/mol. The zero-order valence-corrected chi connectivity index (χ0v) is 9.98. The molecule has 0 bridgehead atoms. The first-order valence-corrected chi connectivity index (χ1v) is 5.92. The monoisotopic (exact) mass is 248 g/mol. The highest BCUT2D eigenvalue weighted by atomic mass is 16.2. The molecule has 1 aromatic rings. The van der Waals surface area contributed by atoms with Crippen molar-refractivity contribution in [1.82, 2.24) is 20.9 Å². The lowest BCUT2D eigenvalue weighted by Crippen LogP contribution is -2.58. The third-order valence-corrected chi connectivity index (χ3v) is 2.76. The molecule has 3 N–H and O–H groups in total. The Morgan fingerprint density at radius 3 is 3.11 bits per heavy atom. The van der Waals surface area contributed by atoms with Crippen LogP contribution in [0.25, 0.3) is 0 Å². The number of aromatic nitrogens is 1. The lowest BCUT2D eigenvalue weighted by atomic mass is 10.2. The van der Waals surface area contributed by atoms with Gasteiger partial charge in [0.2, 0.25) is 11.8 Å². The molecule has 1 fully saturated rings. The number of carbonyl (C=O) groups excluding carboxylic acids is 2. The van der Waals surface area contributed by atoms with Crippen LogP contribution in [0.1, 0.15) is 5.56 Å². The Morgan fingerprint density at radius 2 is 2.44 bits per heavy atom. The molecule has 0 saturated carbocycles. The van der Waals surface area contributed by atoms with Crippen molar-refractivity contribution < 1.29 is 9.59 Å². The van der Waals surface area contributed by atoms with E-state index in [-0.39, 0.29) is 24.4 Å². The van der Waals surface area contributed by atoms with Crippen LogP contribution in [0.5, 0.6) is 0 Å². The Bertz CT molecular complexity index is 411. The average Bonchev–Trinajstić information content (AvgIpc) is 2.40. The molecule has 96 valence electrons. The van der Waals surface area contributed by atoms with Gasteiger partial charge in [0, 0.05) is 25.5 Å². The van der Waals surface area contributed by atoms with E-state index in [4.69, 9.17) is 0 Å². The van der Waals surface area contributed by atoms with E-state index >= 15 is 0 Å². The number of carbonyl (C=O) groups is 2. The van der Waals surface area contributed by atoms with Gasteiger partial charge >= 0.3 is 0 Å². The Hall–Kier alpha value is -1.95. The molecule has 1 atom stereocenters. The van der Waals surface area contributed by atoms with Gasteiger partial charge < -0.3 is 10.6 Å². The summed E-state index contributed by atoms with van der Waals surface area (Å²) >= 11 is 0. The molecule has 18 heavy (non-hydrogen) atoms. The second-order valence-electron chi connectivity index (χ2n) is 4.14. The molecule has 0 aromatic carbocycles. The van der Waals surface area contributed by atoms with E-state index in [1.807, 2.05) is 12.1 Å². The highest BCUT2D eigenvalue weighted by Crippen LogP contribution is 1.96. The third-order valence-electron chi connectivity index (χ3n) is 2.76. The third kappa shape index (κ3) is 3.53. The molecule has 1 aromatic heterocycles. The van der Waals surface area contributed by atoms with Crippen molar-refractivity contribution in [2.24, 2.45) is 0 Å². The first-order chi connectivity index (χ1) is 8.75. The topological polar surface area (TPSA) is 83.1 Å². The van der Waals surface area contributed by atoms with Crippen LogP contribution < -0.4 is 16.0 Å². The van der Waals surface area contributed by atoms with Crippen molar-refractivity contribution in [2.45, 2.75) is 12.5 Å². The molecule has 1 aliphatic heterocycles. The molecular formula is C12H16N4O2. The van der Waals surface area contributed by atoms with Crippen molar-refractivity contribution in [3.05, 3.63) is 30.1 Å². The maximum atomic E-state index is 11.8. The first-order valence-electron chi connectivity index (χ1n) is 5.92. The highest BCUT2D eigenvalue weighted by Gasteiger charge is 2.22. The summed E-state index contributed by atoms with van der Waals surface area (Å²) in [6.45, 7) is 1.11. The molecule has 6 heteroatoms. The molecule has 1 saturated heterocycles. The Morgan fingerprint density at radius 1 is 1.56 bits per heavy atom. The number of nitrogens with zero attached hydrogens (tertiary/aromatic N) is 1. The molecule has 2 amide bonds. The lowest BCUT2D eigenvalue weighted by molar-refractivity contribution is -0.126. The average molecular weight is 248 g/mol. The number of hydrogen-bond acceptors (Lipinski definition) is 4. The number of amides is 2. The summed E-state index contributed by atoms with van der Waals surface area (Å²) in [4.78, 5) is 26.7. The minimum absolute atomic E-state index is 0.0746. The maximum absolute atomic E-state index is 11.8. The quantitative estimate of drug-likeness (QED) is 0.627. The van der Waals surface area contributed by atoms with Gasteiger partial charge in [-0.3, -0.25) is 19.9 Å². The fourth-order valence-electron chi connectivity index (χ4n) is 1.75. The maximum Gasteiger partial charge on any atom is 0.238 e. The summed E-state index contributed by atoms with van der Waals surface area (Å²) < 4.78 is 0. The van der Waals surface area contributed by atoms with Gasteiger partial charge in [0.1, 0.15) is 6.04 Å². The van der Waals surface area contributed by atoms with Gasteiger partial charge in [-0.1, -0.05) is 6.07 Å². The van der Waals surface area contributed by atoms with E-state index < -0.39 is 0 Å². The van der Waals surface area contributed by atoms with Gasteiger partial charge in [-0.05, 0) is 18.1 Å². The number of rotatable bonds is 4. The number of pyridine rings is 1. The second kappa shape index (κ2) is 6.11. The van der Waals surface area contributed by atoms with Crippen LogP contribution in [-0.4, -0.2) is 42.5 Å². The van der Waals surface area contributed by atoms with E-state index in [1.54, 1.807) is 12.4 Å². The zero-order valence-electron chi connectivity index (χ0n) is 9.98. The van der Waals surface area contributed by atoms with Crippen molar-refractivity contribution >= 4 is 11.8 Å². The van der Waals surface area contributed by atoms with Crippen molar-refractivity contribution in [3.8, 4) is 0 Å². The Balaban J connectivity index is 1.70. The first kappa shape index (κ1) is 12.5. The van der Waals surface area contributed by atoms with Gasteiger partial charge in [-0.2, -0.15) is 0 Å². The summed E-state index contributed by atoms with van der Waals surface area (Å²) in [5.41, 5.74) is 1.09. The predicted octanol–water partition coefficient (Wildman–Crippen LogP) is -1.17. The fraction of sp³-hybridized carbons (Fsp3) is 0.417. The zero-order chi connectivity index (χ0) is 12.8. The summed E-state index contributed by atoms with van der Waals surface area (Å²) in [6, 6.07) is 3.50. The van der Waals surface area contributed by atoms with Crippen molar-refractivity contribution in [1.29, 1.82) is 0 Å². The van der Waals surface area contributed by atoms with Gasteiger partial charge in [0.25, 0.3) is 0 Å². The molecule has 0 aliphatic carbocycles. The van der Waals surface area contributed by atoms with Gasteiger partial charge in [0.05, 0.1) is 6.54 Å².